The highest BCUT2D eigenvalue weighted by Crippen LogP contribution is 2.37. The molecule has 0 aromatic carbocycles. The Morgan fingerprint density at radius 2 is 1.92 bits per heavy atom. The predicted octanol–water partition coefficient (Wildman–Crippen LogP) is 1.22. The van der Waals surface area contributed by atoms with Gasteiger partial charge in [0.05, 0.1) is 0 Å². The third-order valence-electron chi connectivity index (χ3n) is 3.52. The van der Waals surface area contributed by atoms with Gasteiger partial charge in [-0.2, -0.15) is 0 Å². The van der Waals surface area contributed by atoms with E-state index in [1.54, 1.807) is 0 Å². The fourth-order valence-corrected chi connectivity index (χ4v) is 2.87. The van der Waals surface area contributed by atoms with E-state index < -0.39 is 0 Å². The molecule has 2 heteroatoms. The van der Waals surface area contributed by atoms with Gasteiger partial charge in [0.25, 0.3) is 0 Å². The Kier molecular flexibility index (Phi) is 2.37. The molecule has 2 aliphatic rings. The molecule has 2 heterocycles. The normalized spacial score (nSPS) is 27.8. The largest absolute Gasteiger partial charge is 0.315 e. The summed E-state index contributed by atoms with van der Waals surface area (Å²) in [6, 6.07) is 0. The molecule has 0 saturated carbocycles. The van der Waals surface area contributed by atoms with E-state index >= 15 is 0 Å². The first-order valence-electron chi connectivity index (χ1n) is 5.33. The standard InChI is InChI=1S/C10H20N2/c1-2-11-9-10-5-3-7-12(10)8-4-6-10/h11H,2-9H2,1H3. The Bertz CT molecular complexity index is 146. The van der Waals surface area contributed by atoms with E-state index in [1.807, 2.05) is 0 Å². The lowest BCUT2D eigenvalue weighted by molar-refractivity contribution is 0.191. The van der Waals surface area contributed by atoms with E-state index in [0.29, 0.717) is 5.54 Å². The van der Waals surface area contributed by atoms with Crippen molar-refractivity contribution in [3.63, 3.8) is 0 Å². The molecule has 0 amide bonds. The summed E-state index contributed by atoms with van der Waals surface area (Å²) in [7, 11) is 0. The minimum absolute atomic E-state index is 0.579. The molecule has 0 atom stereocenters. The molecule has 0 aromatic rings. The third-order valence-corrected chi connectivity index (χ3v) is 3.52. The van der Waals surface area contributed by atoms with Crippen molar-refractivity contribution in [2.24, 2.45) is 0 Å². The van der Waals surface area contributed by atoms with Crippen LogP contribution in [0.1, 0.15) is 32.6 Å². The fourth-order valence-electron chi connectivity index (χ4n) is 2.87. The highest BCUT2D eigenvalue weighted by atomic mass is 15.3. The van der Waals surface area contributed by atoms with Gasteiger partial charge in [-0.15, -0.1) is 0 Å². The average molecular weight is 168 g/mol. The zero-order valence-electron chi connectivity index (χ0n) is 8.10. The summed E-state index contributed by atoms with van der Waals surface area (Å²) in [5.74, 6) is 0. The van der Waals surface area contributed by atoms with Gasteiger partial charge in [-0.1, -0.05) is 6.92 Å². The molecular weight excluding hydrogens is 148 g/mol. The molecule has 12 heavy (non-hydrogen) atoms. The molecular formula is C10H20N2. The monoisotopic (exact) mass is 168 g/mol. The number of fused-ring (bicyclic) bond motifs is 1. The molecule has 0 radical (unpaired) electrons. The minimum atomic E-state index is 0.579. The van der Waals surface area contributed by atoms with Gasteiger partial charge in [-0.25, -0.2) is 0 Å². The van der Waals surface area contributed by atoms with Crippen molar-refractivity contribution in [2.45, 2.75) is 38.1 Å². The second-order valence-corrected chi connectivity index (χ2v) is 4.20. The van der Waals surface area contributed by atoms with Crippen molar-refractivity contribution in [3.05, 3.63) is 0 Å². The van der Waals surface area contributed by atoms with Crippen LogP contribution in [0.3, 0.4) is 0 Å². The summed E-state index contributed by atoms with van der Waals surface area (Å²) in [6.07, 6.45) is 5.71. The summed E-state index contributed by atoms with van der Waals surface area (Å²) in [5.41, 5.74) is 0.579. The highest BCUT2D eigenvalue weighted by molar-refractivity contribution is 5.01. The first-order valence-corrected chi connectivity index (χ1v) is 5.33. The van der Waals surface area contributed by atoms with E-state index in [-0.39, 0.29) is 0 Å². The van der Waals surface area contributed by atoms with Crippen molar-refractivity contribution in [2.75, 3.05) is 26.2 Å². The zero-order chi connectivity index (χ0) is 8.44. The van der Waals surface area contributed by atoms with Gasteiger partial charge < -0.3 is 5.32 Å². The Balaban J connectivity index is 1.97. The number of hydrogen-bond donors (Lipinski definition) is 1. The molecule has 0 aromatic heterocycles. The van der Waals surface area contributed by atoms with Gasteiger partial charge in [0.15, 0.2) is 0 Å². The van der Waals surface area contributed by atoms with E-state index in [9.17, 15) is 0 Å². The number of hydrogen-bond acceptors (Lipinski definition) is 2. The maximum absolute atomic E-state index is 3.51. The predicted molar refractivity (Wildman–Crippen MR) is 51.3 cm³/mol. The Morgan fingerprint density at radius 1 is 1.25 bits per heavy atom. The van der Waals surface area contributed by atoms with Crippen molar-refractivity contribution in [3.8, 4) is 0 Å². The molecule has 1 N–H and O–H groups in total. The molecule has 70 valence electrons. The van der Waals surface area contributed by atoms with Crippen LogP contribution in [0, 0.1) is 0 Å². The smallest absolute Gasteiger partial charge is 0.0334 e. The molecule has 0 aliphatic carbocycles. The molecule has 2 fully saturated rings. The van der Waals surface area contributed by atoms with Crippen molar-refractivity contribution >= 4 is 0 Å². The van der Waals surface area contributed by atoms with Crippen LogP contribution in [0.25, 0.3) is 0 Å². The van der Waals surface area contributed by atoms with Crippen LogP contribution in [0.4, 0.5) is 0 Å². The lowest BCUT2D eigenvalue weighted by Crippen LogP contribution is -2.46. The molecule has 0 bridgehead atoms. The van der Waals surface area contributed by atoms with Crippen molar-refractivity contribution in [1.82, 2.24) is 10.2 Å². The average Bonchev–Trinajstić information content (AvgIpc) is 2.58. The van der Waals surface area contributed by atoms with Crippen molar-refractivity contribution in [1.29, 1.82) is 0 Å². The SMILES string of the molecule is CCNCC12CCCN1CCC2. The number of likely N-dealkylation sites (N-methyl/N-ethyl adjacent to an activating group) is 1. The van der Waals surface area contributed by atoms with Gasteiger partial charge in [-0.3, -0.25) is 4.90 Å². The summed E-state index contributed by atoms with van der Waals surface area (Å²) >= 11 is 0. The molecule has 2 saturated heterocycles. The van der Waals surface area contributed by atoms with Crippen LogP contribution in [0.2, 0.25) is 0 Å². The lowest BCUT2D eigenvalue weighted by Gasteiger charge is -2.32. The molecule has 2 nitrogen and oxygen atoms in total. The van der Waals surface area contributed by atoms with Gasteiger partial charge in [-0.05, 0) is 45.3 Å². The Morgan fingerprint density at radius 3 is 2.50 bits per heavy atom. The maximum Gasteiger partial charge on any atom is 0.0334 e. The zero-order valence-corrected chi connectivity index (χ0v) is 8.10. The lowest BCUT2D eigenvalue weighted by atomic mass is 9.94. The van der Waals surface area contributed by atoms with Gasteiger partial charge in [0, 0.05) is 12.1 Å². The quantitative estimate of drug-likeness (QED) is 0.681. The minimum Gasteiger partial charge on any atom is -0.315 e. The van der Waals surface area contributed by atoms with Crippen LogP contribution in [0.5, 0.6) is 0 Å². The number of nitrogens with one attached hydrogen (secondary N) is 1. The molecule has 2 rings (SSSR count). The molecule has 2 aliphatic heterocycles. The van der Waals surface area contributed by atoms with Crippen molar-refractivity contribution < 1.29 is 0 Å². The summed E-state index contributed by atoms with van der Waals surface area (Å²) in [5, 5.41) is 3.51. The van der Waals surface area contributed by atoms with Gasteiger partial charge >= 0.3 is 0 Å². The third kappa shape index (κ3) is 1.27. The summed E-state index contributed by atoms with van der Waals surface area (Å²) < 4.78 is 0. The highest BCUT2D eigenvalue weighted by Gasteiger charge is 2.43. The van der Waals surface area contributed by atoms with E-state index in [2.05, 4.69) is 17.1 Å². The molecule has 0 unspecified atom stereocenters. The van der Waals surface area contributed by atoms with Crippen LogP contribution in [-0.2, 0) is 0 Å². The van der Waals surface area contributed by atoms with Gasteiger partial charge in [0.1, 0.15) is 0 Å². The van der Waals surface area contributed by atoms with Gasteiger partial charge in [0.2, 0.25) is 0 Å². The van der Waals surface area contributed by atoms with Crippen LogP contribution in [0.15, 0.2) is 0 Å². The maximum atomic E-state index is 3.51. The molecule has 0 spiro atoms. The topological polar surface area (TPSA) is 15.3 Å². The first-order chi connectivity index (χ1) is 5.87. The van der Waals surface area contributed by atoms with E-state index in [4.69, 9.17) is 0 Å². The van der Waals surface area contributed by atoms with Crippen LogP contribution < -0.4 is 5.32 Å². The van der Waals surface area contributed by atoms with E-state index in [0.717, 1.165) is 6.54 Å². The van der Waals surface area contributed by atoms with Crippen LogP contribution in [-0.4, -0.2) is 36.6 Å². The summed E-state index contributed by atoms with van der Waals surface area (Å²) in [6.45, 7) is 7.25. The Hall–Kier alpha value is -0.0800. The summed E-state index contributed by atoms with van der Waals surface area (Å²) in [4.78, 5) is 2.70. The van der Waals surface area contributed by atoms with Crippen LogP contribution >= 0.6 is 0 Å². The second-order valence-electron chi connectivity index (χ2n) is 4.20. The van der Waals surface area contributed by atoms with E-state index in [1.165, 1.54) is 45.3 Å². The number of rotatable bonds is 3. The second kappa shape index (κ2) is 3.35. The number of nitrogens with zero attached hydrogens (tertiary/aromatic N) is 1. The Labute approximate surface area is 75.3 Å². The first kappa shape index (κ1) is 8.52. The fraction of sp³-hybridized carbons (Fsp3) is 1.00.